The van der Waals surface area contributed by atoms with E-state index in [9.17, 15) is 10.2 Å². The highest BCUT2D eigenvalue weighted by molar-refractivity contribution is 4.81. The molecule has 3 nitrogen and oxygen atoms in total. The van der Waals surface area contributed by atoms with Crippen LogP contribution in [-0.2, 0) is 0 Å². The van der Waals surface area contributed by atoms with Gasteiger partial charge in [-0.05, 0) is 18.8 Å². The number of aliphatic hydroxyl groups excluding tert-OH is 2. The standard InChI is InChI=1S/C12H27NO2/c1-5-12(6-2,9-15)8-13-11(7-14)10(3)4/h10-11,13-15H,5-9H2,1-4H3. The van der Waals surface area contributed by atoms with E-state index >= 15 is 0 Å². The average molecular weight is 217 g/mol. The summed E-state index contributed by atoms with van der Waals surface area (Å²) < 4.78 is 0. The first kappa shape index (κ1) is 14.9. The molecular formula is C12H27NO2. The van der Waals surface area contributed by atoms with Crippen molar-refractivity contribution in [2.45, 2.75) is 46.6 Å². The van der Waals surface area contributed by atoms with Gasteiger partial charge in [0.1, 0.15) is 0 Å². The Kier molecular flexibility index (Phi) is 7.14. The number of hydrogen-bond donors (Lipinski definition) is 3. The minimum atomic E-state index is -0.0255. The van der Waals surface area contributed by atoms with E-state index in [1.54, 1.807) is 0 Å². The van der Waals surface area contributed by atoms with Gasteiger partial charge in [0.25, 0.3) is 0 Å². The number of nitrogens with one attached hydrogen (secondary N) is 1. The normalized spacial score (nSPS) is 14.6. The van der Waals surface area contributed by atoms with Gasteiger partial charge >= 0.3 is 0 Å². The Morgan fingerprint density at radius 1 is 1.13 bits per heavy atom. The highest BCUT2D eigenvalue weighted by atomic mass is 16.3. The van der Waals surface area contributed by atoms with Crippen molar-refractivity contribution in [2.24, 2.45) is 11.3 Å². The fourth-order valence-corrected chi connectivity index (χ4v) is 1.64. The Bertz CT molecular complexity index is 147. The molecule has 0 saturated heterocycles. The molecule has 0 fully saturated rings. The predicted molar refractivity (Wildman–Crippen MR) is 63.8 cm³/mol. The maximum absolute atomic E-state index is 9.40. The molecule has 0 aromatic heterocycles. The molecule has 0 aromatic rings. The Hall–Kier alpha value is -0.120. The zero-order valence-electron chi connectivity index (χ0n) is 10.6. The van der Waals surface area contributed by atoms with Crippen LogP contribution in [-0.4, -0.2) is 36.0 Å². The van der Waals surface area contributed by atoms with Crippen LogP contribution in [0.5, 0.6) is 0 Å². The van der Waals surface area contributed by atoms with Crippen LogP contribution in [0, 0.1) is 11.3 Å². The molecule has 0 bridgehead atoms. The van der Waals surface area contributed by atoms with E-state index in [2.05, 4.69) is 33.0 Å². The van der Waals surface area contributed by atoms with Gasteiger partial charge in [0.2, 0.25) is 0 Å². The quantitative estimate of drug-likeness (QED) is 0.576. The van der Waals surface area contributed by atoms with Gasteiger partial charge in [-0.15, -0.1) is 0 Å². The molecule has 0 aliphatic heterocycles. The lowest BCUT2D eigenvalue weighted by atomic mass is 9.83. The third-order valence-corrected chi connectivity index (χ3v) is 3.58. The lowest BCUT2D eigenvalue weighted by Gasteiger charge is -2.32. The van der Waals surface area contributed by atoms with E-state index in [1.807, 2.05) is 0 Å². The second kappa shape index (κ2) is 7.20. The van der Waals surface area contributed by atoms with E-state index in [4.69, 9.17) is 0 Å². The fourth-order valence-electron chi connectivity index (χ4n) is 1.64. The van der Waals surface area contributed by atoms with Crippen molar-refractivity contribution >= 4 is 0 Å². The van der Waals surface area contributed by atoms with Gasteiger partial charge in [-0.25, -0.2) is 0 Å². The van der Waals surface area contributed by atoms with Crippen LogP contribution >= 0.6 is 0 Å². The van der Waals surface area contributed by atoms with Gasteiger partial charge < -0.3 is 15.5 Å². The van der Waals surface area contributed by atoms with Crippen LogP contribution < -0.4 is 5.32 Å². The molecule has 1 unspecified atom stereocenters. The van der Waals surface area contributed by atoms with Crippen molar-refractivity contribution in [2.75, 3.05) is 19.8 Å². The summed E-state index contributed by atoms with van der Waals surface area (Å²) in [5.41, 5.74) is -0.0255. The third kappa shape index (κ3) is 4.49. The second-order valence-corrected chi connectivity index (χ2v) is 4.78. The van der Waals surface area contributed by atoms with Crippen molar-refractivity contribution in [3.05, 3.63) is 0 Å². The van der Waals surface area contributed by atoms with Crippen LogP contribution in [0.25, 0.3) is 0 Å². The number of aliphatic hydroxyl groups is 2. The van der Waals surface area contributed by atoms with E-state index < -0.39 is 0 Å². The summed E-state index contributed by atoms with van der Waals surface area (Å²) in [7, 11) is 0. The average Bonchev–Trinajstić information content (AvgIpc) is 2.25. The Morgan fingerprint density at radius 3 is 1.93 bits per heavy atom. The summed E-state index contributed by atoms with van der Waals surface area (Å²) in [5, 5.41) is 21.9. The molecule has 3 N–H and O–H groups in total. The van der Waals surface area contributed by atoms with Gasteiger partial charge in [0, 0.05) is 24.6 Å². The maximum atomic E-state index is 9.40. The summed E-state index contributed by atoms with van der Waals surface area (Å²) in [6.07, 6.45) is 1.92. The molecule has 3 heteroatoms. The topological polar surface area (TPSA) is 52.5 Å². The van der Waals surface area contributed by atoms with Gasteiger partial charge in [-0.3, -0.25) is 0 Å². The largest absolute Gasteiger partial charge is 0.396 e. The lowest BCUT2D eigenvalue weighted by molar-refractivity contribution is 0.0998. The van der Waals surface area contributed by atoms with Gasteiger partial charge in [0.15, 0.2) is 0 Å². The molecule has 0 aliphatic rings. The predicted octanol–water partition coefficient (Wildman–Crippen LogP) is 1.39. The van der Waals surface area contributed by atoms with Crippen molar-refractivity contribution < 1.29 is 10.2 Å². The van der Waals surface area contributed by atoms with Crippen molar-refractivity contribution in [1.29, 1.82) is 0 Å². The Labute approximate surface area is 93.9 Å². The maximum Gasteiger partial charge on any atom is 0.0587 e. The smallest absolute Gasteiger partial charge is 0.0587 e. The summed E-state index contributed by atoms with van der Waals surface area (Å²) in [5.74, 6) is 0.417. The van der Waals surface area contributed by atoms with Crippen molar-refractivity contribution in [1.82, 2.24) is 5.32 Å². The second-order valence-electron chi connectivity index (χ2n) is 4.78. The fraction of sp³-hybridized carbons (Fsp3) is 1.00. The monoisotopic (exact) mass is 217 g/mol. The molecule has 0 spiro atoms. The SMILES string of the molecule is CCC(CC)(CO)CNC(CO)C(C)C. The van der Waals surface area contributed by atoms with Crippen molar-refractivity contribution in [3.63, 3.8) is 0 Å². The first-order valence-electron chi connectivity index (χ1n) is 6.00. The van der Waals surface area contributed by atoms with E-state index in [0.717, 1.165) is 19.4 Å². The summed E-state index contributed by atoms with van der Waals surface area (Å²) in [6.45, 7) is 9.53. The Morgan fingerprint density at radius 2 is 1.67 bits per heavy atom. The number of rotatable bonds is 8. The molecule has 0 rings (SSSR count). The molecule has 15 heavy (non-hydrogen) atoms. The Balaban J connectivity index is 4.19. The van der Waals surface area contributed by atoms with Crippen LogP contribution in [0.1, 0.15) is 40.5 Å². The first-order valence-corrected chi connectivity index (χ1v) is 6.00. The van der Waals surface area contributed by atoms with Gasteiger partial charge in [0.05, 0.1) is 6.61 Å². The van der Waals surface area contributed by atoms with Crippen LogP contribution in [0.2, 0.25) is 0 Å². The minimum Gasteiger partial charge on any atom is -0.396 e. The van der Waals surface area contributed by atoms with E-state index in [-0.39, 0.29) is 24.7 Å². The minimum absolute atomic E-state index is 0.0255. The molecule has 0 aliphatic carbocycles. The van der Waals surface area contributed by atoms with Gasteiger partial charge in [-0.2, -0.15) is 0 Å². The molecule has 0 heterocycles. The third-order valence-electron chi connectivity index (χ3n) is 3.58. The summed E-state index contributed by atoms with van der Waals surface area (Å²) >= 11 is 0. The molecular weight excluding hydrogens is 190 g/mol. The first-order chi connectivity index (χ1) is 7.05. The molecule has 0 amide bonds. The highest BCUT2D eigenvalue weighted by Crippen LogP contribution is 2.24. The van der Waals surface area contributed by atoms with E-state index in [0.29, 0.717) is 5.92 Å². The van der Waals surface area contributed by atoms with E-state index in [1.165, 1.54) is 0 Å². The lowest BCUT2D eigenvalue weighted by Crippen LogP contribution is -2.45. The molecule has 0 radical (unpaired) electrons. The van der Waals surface area contributed by atoms with Gasteiger partial charge in [-0.1, -0.05) is 27.7 Å². The van der Waals surface area contributed by atoms with Crippen molar-refractivity contribution in [3.8, 4) is 0 Å². The van der Waals surface area contributed by atoms with Crippen LogP contribution in [0.4, 0.5) is 0 Å². The molecule has 92 valence electrons. The van der Waals surface area contributed by atoms with Crippen LogP contribution in [0.15, 0.2) is 0 Å². The summed E-state index contributed by atoms with van der Waals surface area (Å²) in [6, 6.07) is 0.133. The molecule has 0 saturated carbocycles. The molecule has 0 aromatic carbocycles. The zero-order chi connectivity index (χ0) is 11.9. The summed E-state index contributed by atoms with van der Waals surface area (Å²) in [4.78, 5) is 0. The number of hydrogen-bond acceptors (Lipinski definition) is 3. The highest BCUT2D eigenvalue weighted by Gasteiger charge is 2.26. The zero-order valence-corrected chi connectivity index (χ0v) is 10.6. The molecule has 1 atom stereocenters. The van der Waals surface area contributed by atoms with Crippen LogP contribution in [0.3, 0.4) is 0 Å².